The van der Waals surface area contributed by atoms with Crippen LogP contribution in [0.15, 0.2) is 40.7 Å². The Morgan fingerprint density at radius 1 is 0.857 bits per heavy atom. The average molecular weight is 480 g/mol. The third kappa shape index (κ3) is 5.34. The van der Waals surface area contributed by atoms with E-state index in [-0.39, 0.29) is 28.3 Å². The van der Waals surface area contributed by atoms with Crippen LogP contribution in [0, 0.1) is 10.8 Å². The minimum Gasteiger partial charge on any atom is -0.493 e. The number of hydrogen-bond donors (Lipinski definition) is 1. The number of ether oxygens (including phenoxy) is 2. The van der Waals surface area contributed by atoms with Crippen molar-refractivity contribution in [2.45, 2.75) is 91.9 Å². The summed E-state index contributed by atoms with van der Waals surface area (Å²) in [7, 11) is 1.64. The fraction of sp³-hybridized carbons (Fsp3) is 0.600. The van der Waals surface area contributed by atoms with Gasteiger partial charge in [-0.05, 0) is 47.8 Å². The molecule has 1 aliphatic heterocycles. The molecule has 2 aliphatic carbocycles. The van der Waals surface area contributed by atoms with Crippen LogP contribution in [0.3, 0.4) is 0 Å². The SMILES string of the molecule is CCCCCCOc1ccc(C2C3=C(CC(C)(C)CC3=O)NC3=C2C(=O)CC(C)(C)C3)cc1OC. The van der Waals surface area contributed by atoms with Crippen LogP contribution in [0.2, 0.25) is 0 Å². The van der Waals surface area contributed by atoms with Crippen molar-refractivity contribution < 1.29 is 19.1 Å². The van der Waals surface area contributed by atoms with Gasteiger partial charge in [-0.2, -0.15) is 0 Å². The number of rotatable bonds is 8. The molecule has 0 fully saturated rings. The van der Waals surface area contributed by atoms with Crippen LogP contribution < -0.4 is 14.8 Å². The molecule has 0 radical (unpaired) electrons. The van der Waals surface area contributed by atoms with Gasteiger partial charge in [-0.1, -0.05) is 59.9 Å². The third-order valence-electron chi connectivity index (χ3n) is 7.50. The van der Waals surface area contributed by atoms with Gasteiger partial charge in [0, 0.05) is 41.3 Å². The summed E-state index contributed by atoms with van der Waals surface area (Å²) in [4.78, 5) is 27.0. The molecular formula is C30H41NO4. The molecule has 0 amide bonds. The molecule has 0 saturated carbocycles. The van der Waals surface area contributed by atoms with Crippen molar-refractivity contribution in [1.82, 2.24) is 5.32 Å². The monoisotopic (exact) mass is 479 g/mol. The second kappa shape index (κ2) is 9.83. The van der Waals surface area contributed by atoms with Gasteiger partial charge in [-0.15, -0.1) is 0 Å². The third-order valence-corrected chi connectivity index (χ3v) is 7.50. The molecule has 0 atom stereocenters. The lowest BCUT2D eigenvalue weighted by molar-refractivity contribution is -0.119. The van der Waals surface area contributed by atoms with Gasteiger partial charge in [0.05, 0.1) is 13.7 Å². The van der Waals surface area contributed by atoms with E-state index < -0.39 is 0 Å². The largest absolute Gasteiger partial charge is 0.493 e. The summed E-state index contributed by atoms with van der Waals surface area (Å²) in [6, 6.07) is 5.91. The summed E-state index contributed by atoms with van der Waals surface area (Å²) in [5, 5.41) is 3.58. The molecule has 4 rings (SSSR count). The Bertz CT molecular complexity index is 1020. The normalized spacial score (nSPS) is 21.4. The van der Waals surface area contributed by atoms with Crippen molar-refractivity contribution in [2.75, 3.05) is 13.7 Å². The van der Waals surface area contributed by atoms with Crippen molar-refractivity contribution in [3.63, 3.8) is 0 Å². The first-order valence-corrected chi connectivity index (χ1v) is 13.2. The number of carbonyl (C=O) groups is 2. The molecule has 0 spiro atoms. The van der Waals surface area contributed by atoms with Crippen LogP contribution in [0.5, 0.6) is 11.5 Å². The smallest absolute Gasteiger partial charge is 0.162 e. The summed E-state index contributed by atoms with van der Waals surface area (Å²) < 4.78 is 11.7. The first kappa shape index (κ1) is 25.5. The van der Waals surface area contributed by atoms with Crippen molar-refractivity contribution in [2.24, 2.45) is 10.8 Å². The molecule has 5 heteroatoms. The van der Waals surface area contributed by atoms with Gasteiger partial charge in [0.1, 0.15) is 0 Å². The second-order valence-electron chi connectivity index (χ2n) is 12.0. The van der Waals surface area contributed by atoms with E-state index in [1.165, 1.54) is 12.8 Å². The summed E-state index contributed by atoms with van der Waals surface area (Å²) in [6.45, 7) is 11.4. The zero-order valence-electron chi connectivity index (χ0n) is 22.3. The van der Waals surface area contributed by atoms with Gasteiger partial charge >= 0.3 is 0 Å². The molecule has 1 aromatic rings. The van der Waals surface area contributed by atoms with Crippen molar-refractivity contribution in [3.05, 3.63) is 46.3 Å². The number of carbonyl (C=O) groups excluding carboxylic acids is 2. The number of ketones is 2. The molecule has 35 heavy (non-hydrogen) atoms. The number of hydrogen-bond acceptors (Lipinski definition) is 5. The summed E-state index contributed by atoms with van der Waals surface area (Å²) in [5.41, 5.74) is 4.19. The number of benzene rings is 1. The highest BCUT2D eigenvalue weighted by Gasteiger charge is 2.46. The highest BCUT2D eigenvalue weighted by molar-refractivity contribution is 6.06. The Balaban J connectivity index is 1.74. The zero-order chi connectivity index (χ0) is 25.4. The topological polar surface area (TPSA) is 64.6 Å². The molecule has 5 nitrogen and oxygen atoms in total. The molecule has 1 heterocycles. The lowest BCUT2D eigenvalue weighted by Gasteiger charge is -2.44. The molecule has 1 aromatic carbocycles. The Hall–Kier alpha value is -2.56. The Labute approximate surface area is 210 Å². The van der Waals surface area contributed by atoms with Gasteiger partial charge in [0.25, 0.3) is 0 Å². The molecule has 0 bridgehead atoms. The van der Waals surface area contributed by atoms with Crippen molar-refractivity contribution in [3.8, 4) is 11.5 Å². The van der Waals surface area contributed by atoms with Crippen molar-refractivity contribution >= 4 is 11.6 Å². The standard InChI is InChI=1S/C30H41NO4/c1-7-8-9-10-13-35-24-12-11-19(14-25(24)34-6)26-27-20(15-29(2,3)17-22(27)32)31-21-16-30(4,5)18-23(33)28(21)26/h11-12,14,26,31H,7-10,13,15-18H2,1-6H3. The Morgan fingerprint density at radius 2 is 1.46 bits per heavy atom. The summed E-state index contributed by atoms with van der Waals surface area (Å²) in [6.07, 6.45) is 7.13. The number of dihydropyridines is 1. The van der Waals surface area contributed by atoms with E-state index in [2.05, 4.69) is 39.9 Å². The first-order chi connectivity index (χ1) is 16.5. The average Bonchev–Trinajstić information content (AvgIpc) is 2.76. The number of Topliss-reactive ketones (excluding diaryl/α,β-unsaturated/α-hetero) is 2. The molecule has 0 unspecified atom stereocenters. The first-order valence-electron chi connectivity index (χ1n) is 13.2. The molecule has 1 N–H and O–H groups in total. The maximum Gasteiger partial charge on any atom is 0.162 e. The van der Waals surface area contributed by atoms with Gasteiger partial charge in [-0.25, -0.2) is 0 Å². The molecule has 190 valence electrons. The highest BCUT2D eigenvalue weighted by atomic mass is 16.5. The van der Waals surface area contributed by atoms with Crippen LogP contribution in [0.1, 0.15) is 97.5 Å². The fourth-order valence-corrected chi connectivity index (χ4v) is 5.92. The second-order valence-corrected chi connectivity index (χ2v) is 12.0. The maximum absolute atomic E-state index is 13.5. The van der Waals surface area contributed by atoms with Gasteiger partial charge in [0.2, 0.25) is 0 Å². The number of unbranched alkanes of at least 4 members (excludes halogenated alkanes) is 3. The van der Waals surface area contributed by atoms with Gasteiger partial charge in [-0.3, -0.25) is 9.59 Å². The van der Waals surface area contributed by atoms with E-state index in [0.29, 0.717) is 30.9 Å². The van der Waals surface area contributed by atoms with E-state index in [1.54, 1.807) is 7.11 Å². The predicted molar refractivity (Wildman–Crippen MR) is 139 cm³/mol. The molecule has 0 saturated heterocycles. The quantitative estimate of drug-likeness (QED) is 0.424. The Morgan fingerprint density at radius 3 is 2.00 bits per heavy atom. The maximum atomic E-state index is 13.5. The van der Waals surface area contributed by atoms with Crippen LogP contribution in [0.4, 0.5) is 0 Å². The van der Waals surface area contributed by atoms with Gasteiger partial charge < -0.3 is 14.8 Å². The molecule has 0 aromatic heterocycles. The molecule has 3 aliphatic rings. The molecular weight excluding hydrogens is 438 g/mol. The number of allylic oxidation sites excluding steroid dienone is 4. The van der Waals surface area contributed by atoms with Crippen LogP contribution in [0.25, 0.3) is 0 Å². The van der Waals surface area contributed by atoms with E-state index in [1.807, 2.05) is 18.2 Å². The highest BCUT2D eigenvalue weighted by Crippen LogP contribution is 2.51. The lowest BCUT2D eigenvalue weighted by Crippen LogP contribution is -2.42. The summed E-state index contributed by atoms with van der Waals surface area (Å²) in [5.74, 6) is 1.26. The number of methoxy groups -OCH3 is 1. The van der Waals surface area contributed by atoms with E-state index in [4.69, 9.17) is 9.47 Å². The Kier molecular flexibility index (Phi) is 7.17. The van der Waals surface area contributed by atoms with Crippen molar-refractivity contribution in [1.29, 1.82) is 0 Å². The predicted octanol–water partition coefficient (Wildman–Crippen LogP) is 6.63. The van der Waals surface area contributed by atoms with Gasteiger partial charge in [0.15, 0.2) is 23.1 Å². The van der Waals surface area contributed by atoms with Crippen LogP contribution in [-0.4, -0.2) is 25.3 Å². The lowest BCUT2D eigenvalue weighted by atomic mass is 9.64. The van der Waals surface area contributed by atoms with Crippen LogP contribution in [-0.2, 0) is 9.59 Å². The number of nitrogens with one attached hydrogen (secondary N) is 1. The minimum absolute atomic E-state index is 0.104. The fourth-order valence-electron chi connectivity index (χ4n) is 5.92. The van der Waals surface area contributed by atoms with E-state index in [9.17, 15) is 9.59 Å². The van der Waals surface area contributed by atoms with E-state index in [0.717, 1.165) is 53.8 Å². The van der Waals surface area contributed by atoms with E-state index >= 15 is 0 Å². The van der Waals surface area contributed by atoms with Crippen LogP contribution >= 0.6 is 0 Å². The summed E-state index contributed by atoms with van der Waals surface area (Å²) >= 11 is 0. The zero-order valence-corrected chi connectivity index (χ0v) is 22.3. The minimum atomic E-state index is -0.360.